The normalized spacial score (nSPS) is 12.7. The molecule has 0 aliphatic carbocycles. The second-order valence-electron chi connectivity index (χ2n) is 9.62. The molecule has 43 heavy (non-hydrogen) atoms. The number of nitrogens with two attached hydrogens (primary N) is 1. The van der Waals surface area contributed by atoms with E-state index >= 15 is 4.39 Å². The maximum atomic E-state index is 15.3. The number of imidazole rings is 1. The number of rotatable bonds is 9. The molecule has 0 fully saturated rings. The summed E-state index contributed by atoms with van der Waals surface area (Å²) in [5.74, 6) is 0.308. The zero-order valence-electron chi connectivity index (χ0n) is 24.0. The number of nitrogens with one attached hydrogen (secondary N) is 2. The molecule has 1 aliphatic rings. The Morgan fingerprint density at radius 1 is 1.14 bits per heavy atom. The lowest BCUT2D eigenvalue weighted by Gasteiger charge is -2.13. The number of aliphatic imine (C=N–C) groups is 1. The Balaban J connectivity index is 0.00000207. The molecule has 1 aliphatic heterocycles. The lowest BCUT2D eigenvalue weighted by Crippen LogP contribution is -2.12. The van der Waals surface area contributed by atoms with Gasteiger partial charge < -0.3 is 16.0 Å². The number of benzene rings is 2. The van der Waals surface area contributed by atoms with Crippen molar-refractivity contribution in [2.75, 3.05) is 12.3 Å². The minimum absolute atomic E-state index is 0.360. The quantitative estimate of drug-likeness (QED) is 0.116. The predicted octanol–water partition coefficient (Wildman–Crippen LogP) is 6.90. The van der Waals surface area contributed by atoms with E-state index in [1.54, 1.807) is 24.6 Å². The number of aromatic nitrogens is 3. The molecule has 3 heterocycles. The van der Waals surface area contributed by atoms with Crippen LogP contribution in [0.3, 0.4) is 0 Å². The van der Waals surface area contributed by atoms with E-state index in [1.165, 1.54) is 6.07 Å². The molecule has 0 unspecified atom stereocenters. The molecule has 0 amide bonds. The number of aromatic amines is 1. The molecule has 5 rings (SSSR count). The van der Waals surface area contributed by atoms with E-state index in [-0.39, 0.29) is 0 Å². The van der Waals surface area contributed by atoms with E-state index in [2.05, 4.69) is 46.3 Å². The average molecular weight is 569 g/mol. The van der Waals surface area contributed by atoms with Gasteiger partial charge in [0.2, 0.25) is 0 Å². The fourth-order valence-electron chi connectivity index (χ4n) is 4.69. The Bertz CT molecular complexity index is 1760. The van der Waals surface area contributed by atoms with Crippen molar-refractivity contribution in [3.8, 4) is 12.8 Å². The molecule has 2 aromatic heterocycles. The Morgan fingerprint density at radius 3 is 2.63 bits per heavy atom. The Hall–Kier alpha value is -5.74. The summed E-state index contributed by atoms with van der Waals surface area (Å²) in [5.41, 5.74) is 14.3. The summed E-state index contributed by atoms with van der Waals surface area (Å²) in [6.07, 6.45) is 19.3. The number of terminal acetylenes is 1. The van der Waals surface area contributed by atoms with Crippen molar-refractivity contribution in [2.45, 2.75) is 13.3 Å². The SMILES string of the molecule is C#C.C=C/C=C(/c1ccccn1)c1nc(Cc2cc(C3=CCN=CC(NC(=C)c4ccccc4)=C3)c(F)cc2N)[nH]c1C. The fraction of sp³-hybridized carbons (Fsp3) is 0.0833. The number of halogens is 1. The van der Waals surface area contributed by atoms with Crippen LogP contribution >= 0.6 is 0 Å². The van der Waals surface area contributed by atoms with E-state index < -0.39 is 5.82 Å². The van der Waals surface area contributed by atoms with E-state index in [4.69, 9.17) is 10.7 Å². The van der Waals surface area contributed by atoms with Crippen molar-refractivity contribution in [1.82, 2.24) is 20.3 Å². The van der Waals surface area contributed by atoms with Gasteiger partial charge in [-0.15, -0.1) is 12.8 Å². The molecule has 0 spiro atoms. The molecule has 0 radical (unpaired) electrons. The summed E-state index contributed by atoms with van der Waals surface area (Å²) in [5, 5.41) is 3.30. The first-order valence-electron chi connectivity index (χ1n) is 13.6. The number of H-pyrrole nitrogens is 1. The van der Waals surface area contributed by atoms with Crippen molar-refractivity contribution in [1.29, 1.82) is 0 Å². The van der Waals surface area contributed by atoms with E-state index in [9.17, 15) is 0 Å². The van der Waals surface area contributed by atoms with Crippen molar-refractivity contribution in [2.24, 2.45) is 4.99 Å². The molecule has 0 atom stereocenters. The first-order chi connectivity index (χ1) is 20.9. The number of hydrogen-bond donors (Lipinski definition) is 3. The zero-order valence-corrected chi connectivity index (χ0v) is 24.0. The minimum Gasteiger partial charge on any atom is -0.398 e. The van der Waals surface area contributed by atoms with Gasteiger partial charge in [0, 0.05) is 47.0 Å². The second-order valence-corrected chi connectivity index (χ2v) is 9.62. The van der Waals surface area contributed by atoms with Crippen LogP contribution in [0.25, 0.3) is 16.8 Å². The van der Waals surface area contributed by atoms with Crippen molar-refractivity contribution in [3.05, 3.63) is 155 Å². The highest BCUT2D eigenvalue weighted by atomic mass is 19.1. The van der Waals surface area contributed by atoms with Crippen LogP contribution in [0.4, 0.5) is 10.1 Å². The van der Waals surface area contributed by atoms with Crippen LogP contribution in [0, 0.1) is 25.6 Å². The maximum absolute atomic E-state index is 15.3. The molecule has 4 aromatic rings. The molecule has 0 saturated carbocycles. The van der Waals surface area contributed by atoms with Crippen LogP contribution in [0.1, 0.15) is 39.6 Å². The average Bonchev–Trinajstić information content (AvgIpc) is 3.23. The van der Waals surface area contributed by atoms with Crippen LogP contribution in [-0.2, 0) is 6.42 Å². The largest absolute Gasteiger partial charge is 0.398 e. The number of aryl methyl sites for hydroxylation is 1. The summed E-state index contributed by atoms with van der Waals surface area (Å²) < 4.78 is 15.3. The molecule has 6 nitrogen and oxygen atoms in total. The Morgan fingerprint density at radius 2 is 1.91 bits per heavy atom. The summed E-state index contributed by atoms with van der Waals surface area (Å²) >= 11 is 0. The van der Waals surface area contributed by atoms with Gasteiger partial charge in [0.1, 0.15) is 11.6 Å². The first kappa shape index (κ1) is 30.2. The van der Waals surface area contributed by atoms with Crippen LogP contribution < -0.4 is 11.1 Å². The standard InChI is InChI=1S/C34H31FN6.C2H2/c1-4-10-28(32-13-8-9-15-38-32)34-23(3)40-33(41-34)19-26-18-29(30(35)20-31(26)36)25-14-16-37-21-27(17-25)39-22(2)24-11-6-5-7-12-24;1-2/h4-15,17-18,20-21,39H,1-2,16,19,36H2,3H3,(H,40,41);1-2H/b28-10-;. The summed E-state index contributed by atoms with van der Waals surface area (Å²) in [6, 6.07) is 18.7. The van der Waals surface area contributed by atoms with Crippen LogP contribution in [0.15, 0.2) is 115 Å². The Labute approximate surface area is 252 Å². The van der Waals surface area contributed by atoms with Crippen LogP contribution in [-0.4, -0.2) is 27.7 Å². The monoisotopic (exact) mass is 568 g/mol. The second kappa shape index (κ2) is 14.2. The smallest absolute Gasteiger partial charge is 0.133 e. The predicted molar refractivity (Wildman–Crippen MR) is 176 cm³/mol. The van der Waals surface area contributed by atoms with Crippen LogP contribution in [0.5, 0.6) is 0 Å². The number of nitrogens with zero attached hydrogens (tertiary/aromatic N) is 3. The number of allylic oxidation sites excluding steroid dienone is 5. The third-order valence-corrected chi connectivity index (χ3v) is 6.69. The summed E-state index contributed by atoms with van der Waals surface area (Å²) in [4.78, 5) is 17.1. The number of nitrogen functional groups attached to an aromatic ring is 1. The van der Waals surface area contributed by atoms with Gasteiger partial charge in [-0.2, -0.15) is 0 Å². The minimum atomic E-state index is -0.403. The molecular weight excluding hydrogens is 535 g/mol. The third kappa shape index (κ3) is 7.32. The van der Waals surface area contributed by atoms with Gasteiger partial charge in [0.15, 0.2) is 0 Å². The molecular formula is C36H33FN6. The van der Waals surface area contributed by atoms with Crippen molar-refractivity contribution >= 4 is 28.7 Å². The van der Waals surface area contributed by atoms with E-state index in [0.29, 0.717) is 41.3 Å². The summed E-state index contributed by atoms with van der Waals surface area (Å²) in [6.45, 7) is 10.4. The highest BCUT2D eigenvalue weighted by molar-refractivity contribution is 5.89. The lowest BCUT2D eigenvalue weighted by atomic mass is 9.98. The Kier molecular flexibility index (Phi) is 10.0. The van der Waals surface area contributed by atoms with Crippen LogP contribution in [0.2, 0.25) is 0 Å². The molecule has 2 aromatic carbocycles. The van der Waals surface area contributed by atoms with E-state index in [1.807, 2.05) is 73.7 Å². The fourth-order valence-corrected chi connectivity index (χ4v) is 4.69. The van der Waals surface area contributed by atoms with Gasteiger partial charge in [-0.05, 0) is 54.0 Å². The molecule has 7 heteroatoms. The lowest BCUT2D eigenvalue weighted by molar-refractivity contribution is 0.624. The third-order valence-electron chi connectivity index (χ3n) is 6.69. The van der Waals surface area contributed by atoms with Gasteiger partial charge in [-0.3, -0.25) is 9.98 Å². The molecule has 4 N–H and O–H groups in total. The maximum Gasteiger partial charge on any atom is 0.133 e. The molecule has 214 valence electrons. The molecule has 0 bridgehead atoms. The van der Waals surface area contributed by atoms with Gasteiger partial charge in [-0.25, -0.2) is 9.37 Å². The highest BCUT2D eigenvalue weighted by Gasteiger charge is 2.17. The zero-order chi connectivity index (χ0) is 30.8. The first-order valence-corrected chi connectivity index (χ1v) is 13.6. The van der Waals surface area contributed by atoms with Gasteiger partial charge in [0.25, 0.3) is 0 Å². The molecule has 0 saturated heterocycles. The van der Waals surface area contributed by atoms with E-state index in [0.717, 1.165) is 39.5 Å². The van der Waals surface area contributed by atoms with Gasteiger partial charge >= 0.3 is 0 Å². The number of pyridine rings is 1. The van der Waals surface area contributed by atoms with Gasteiger partial charge in [0.05, 0.1) is 23.6 Å². The van der Waals surface area contributed by atoms with Crippen molar-refractivity contribution < 1.29 is 4.39 Å². The van der Waals surface area contributed by atoms with Gasteiger partial charge in [-0.1, -0.05) is 67.8 Å². The number of hydrogen-bond acceptors (Lipinski definition) is 5. The highest BCUT2D eigenvalue weighted by Crippen LogP contribution is 2.29. The number of anilines is 1. The summed E-state index contributed by atoms with van der Waals surface area (Å²) in [7, 11) is 0. The van der Waals surface area contributed by atoms with Crippen molar-refractivity contribution in [3.63, 3.8) is 0 Å². The topological polar surface area (TPSA) is 92.0 Å².